The van der Waals surface area contributed by atoms with E-state index in [1.165, 1.54) is 6.07 Å². The van der Waals surface area contributed by atoms with Crippen LogP contribution in [-0.2, 0) is 0 Å². The largest absolute Gasteiger partial charge is 0.398 e. The molecule has 4 heteroatoms. The van der Waals surface area contributed by atoms with Crippen molar-refractivity contribution < 1.29 is 9.59 Å². The van der Waals surface area contributed by atoms with Gasteiger partial charge >= 0.3 is 0 Å². The predicted molar refractivity (Wildman–Crippen MR) is 69.2 cm³/mol. The van der Waals surface area contributed by atoms with Crippen LogP contribution in [0.25, 0.3) is 0 Å². The van der Waals surface area contributed by atoms with Gasteiger partial charge in [0.05, 0.1) is 0 Å². The van der Waals surface area contributed by atoms with E-state index in [0.717, 1.165) is 0 Å². The molecule has 0 aliphatic heterocycles. The molecule has 0 saturated carbocycles. The minimum atomic E-state index is -0.564. The number of carbonyl (C=O) groups excluding carboxylic acids is 2. The van der Waals surface area contributed by atoms with Gasteiger partial charge in [-0.15, -0.1) is 0 Å². The van der Waals surface area contributed by atoms with E-state index in [1.807, 2.05) is 0 Å². The number of benzene rings is 2. The maximum absolute atomic E-state index is 12.2. The molecular formula is C14H12N2O2. The molecule has 18 heavy (non-hydrogen) atoms. The van der Waals surface area contributed by atoms with Crippen molar-refractivity contribution in [3.05, 3.63) is 65.2 Å². The quantitative estimate of drug-likeness (QED) is 0.631. The van der Waals surface area contributed by atoms with E-state index in [1.54, 1.807) is 42.5 Å². The molecule has 0 saturated heterocycles. The number of hydrogen-bond donors (Lipinski definition) is 2. The molecule has 0 radical (unpaired) electrons. The maximum atomic E-state index is 12.2. The first-order valence-electron chi connectivity index (χ1n) is 5.38. The van der Waals surface area contributed by atoms with Crippen molar-refractivity contribution in [3.8, 4) is 0 Å². The van der Waals surface area contributed by atoms with Gasteiger partial charge in [0.15, 0.2) is 5.78 Å². The van der Waals surface area contributed by atoms with Gasteiger partial charge in [0.2, 0.25) is 5.91 Å². The second-order valence-electron chi connectivity index (χ2n) is 3.86. The molecule has 90 valence electrons. The van der Waals surface area contributed by atoms with Crippen LogP contribution in [0.4, 0.5) is 5.69 Å². The predicted octanol–water partition coefficient (Wildman–Crippen LogP) is 1.60. The Kier molecular flexibility index (Phi) is 3.10. The van der Waals surface area contributed by atoms with Crippen molar-refractivity contribution >= 4 is 17.4 Å². The van der Waals surface area contributed by atoms with E-state index < -0.39 is 5.91 Å². The number of anilines is 1. The van der Waals surface area contributed by atoms with Gasteiger partial charge < -0.3 is 11.5 Å². The number of rotatable bonds is 3. The molecular weight excluding hydrogens is 228 g/mol. The third-order valence-corrected chi connectivity index (χ3v) is 2.61. The number of carbonyl (C=O) groups is 2. The first-order chi connectivity index (χ1) is 8.59. The normalized spacial score (nSPS) is 10.0. The molecule has 0 aliphatic carbocycles. The van der Waals surface area contributed by atoms with Gasteiger partial charge in [-0.05, 0) is 24.3 Å². The lowest BCUT2D eigenvalue weighted by molar-refractivity contribution is 0.1000. The van der Waals surface area contributed by atoms with E-state index in [0.29, 0.717) is 22.4 Å². The summed E-state index contributed by atoms with van der Waals surface area (Å²) < 4.78 is 0. The summed E-state index contributed by atoms with van der Waals surface area (Å²) in [7, 11) is 0. The number of nitrogens with two attached hydrogens (primary N) is 2. The Morgan fingerprint density at radius 2 is 1.56 bits per heavy atom. The van der Waals surface area contributed by atoms with E-state index >= 15 is 0 Å². The summed E-state index contributed by atoms with van der Waals surface area (Å²) >= 11 is 0. The van der Waals surface area contributed by atoms with Crippen LogP contribution in [-0.4, -0.2) is 11.7 Å². The first-order valence-corrected chi connectivity index (χ1v) is 5.38. The summed E-state index contributed by atoms with van der Waals surface area (Å²) in [6, 6.07) is 13.1. The number of amides is 1. The average Bonchev–Trinajstić information content (AvgIpc) is 2.38. The molecule has 2 rings (SSSR count). The van der Waals surface area contributed by atoms with Crippen LogP contribution < -0.4 is 11.5 Å². The van der Waals surface area contributed by atoms with Gasteiger partial charge in [-0.3, -0.25) is 9.59 Å². The van der Waals surface area contributed by atoms with E-state index in [4.69, 9.17) is 11.5 Å². The molecule has 4 nitrogen and oxygen atoms in total. The minimum Gasteiger partial charge on any atom is -0.398 e. The van der Waals surface area contributed by atoms with Crippen LogP contribution in [0.1, 0.15) is 26.3 Å². The summed E-state index contributed by atoms with van der Waals surface area (Å²) in [5.74, 6) is -0.790. The molecule has 0 heterocycles. The fourth-order valence-electron chi connectivity index (χ4n) is 1.67. The van der Waals surface area contributed by atoms with E-state index in [-0.39, 0.29) is 5.78 Å². The molecule has 0 aliphatic rings. The molecule has 1 amide bonds. The summed E-state index contributed by atoms with van der Waals surface area (Å²) in [4.78, 5) is 23.3. The van der Waals surface area contributed by atoms with E-state index in [9.17, 15) is 9.59 Å². The van der Waals surface area contributed by atoms with Crippen LogP contribution in [0.15, 0.2) is 48.5 Å². The first kappa shape index (κ1) is 11.9. The number of primary amides is 1. The van der Waals surface area contributed by atoms with Gasteiger partial charge in [-0.25, -0.2) is 0 Å². The highest BCUT2D eigenvalue weighted by atomic mass is 16.1. The number of para-hydroxylation sites is 1. The number of hydrogen-bond acceptors (Lipinski definition) is 3. The molecule has 0 spiro atoms. The minimum absolute atomic E-state index is 0.226. The van der Waals surface area contributed by atoms with Gasteiger partial charge in [0, 0.05) is 22.4 Å². The molecule has 0 bridgehead atoms. The lowest BCUT2D eigenvalue weighted by atomic mass is 10.00. The zero-order chi connectivity index (χ0) is 13.1. The number of ketones is 1. The van der Waals surface area contributed by atoms with Crippen molar-refractivity contribution in [2.24, 2.45) is 5.73 Å². The Hall–Kier alpha value is -2.62. The van der Waals surface area contributed by atoms with Crippen molar-refractivity contribution in [2.45, 2.75) is 0 Å². The Bertz CT molecular complexity index is 621. The summed E-state index contributed by atoms with van der Waals surface area (Å²) in [5, 5.41) is 0. The molecule has 0 fully saturated rings. The lowest BCUT2D eigenvalue weighted by Gasteiger charge is -2.05. The molecule has 2 aromatic rings. The third-order valence-electron chi connectivity index (χ3n) is 2.61. The lowest BCUT2D eigenvalue weighted by Crippen LogP contribution is -2.12. The standard InChI is InChI=1S/C14H12N2O2/c15-12-7-2-1-6-11(12)13(17)9-4-3-5-10(8-9)14(16)18/h1-8H,15H2,(H2,16,18). The van der Waals surface area contributed by atoms with Gasteiger partial charge in [-0.1, -0.05) is 24.3 Å². The highest BCUT2D eigenvalue weighted by molar-refractivity contribution is 6.12. The molecule has 0 atom stereocenters. The fourth-order valence-corrected chi connectivity index (χ4v) is 1.67. The van der Waals surface area contributed by atoms with Gasteiger partial charge in [-0.2, -0.15) is 0 Å². The highest BCUT2D eigenvalue weighted by Gasteiger charge is 2.13. The summed E-state index contributed by atoms with van der Waals surface area (Å²) in [6.45, 7) is 0. The Balaban J connectivity index is 2.44. The maximum Gasteiger partial charge on any atom is 0.248 e. The smallest absolute Gasteiger partial charge is 0.248 e. The fraction of sp³-hybridized carbons (Fsp3) is 0. The van der Waals surface area contributed by atoms with Crippen molar-refractivity contribution in [3.63, 3.8) is 0 Å². The van der Waals surface area contributed by atoms with Gasteiger partial charge in [0.25, 0.3) is 0 Å². The second-order valence-corrected chi connectivity index (χ2v) is 3.86. The highest BCUT2D eigenvalue weighted by Crippen LogP contribution is 2.17. The van der Waals surface area contributed by atoms with Crippen LogP contribution in [0.3, 0.4) is 0 Å². The average molecular weight is 240 g/mol. The second kappa shape index (κ2) is 4.71. The summed E-state index contributed by atoms with van der Waals surface area (Å²) in [5.41, 5.74) is 12.4. The van der Waals surface area contributed by atoms with Gasteiger partial charge in [0.1, 0.15) is 0 Å². The van der Waals surface area contributed by atoms with Crippen LogP contribution in [0.5, 0.6) is 0 Å². The van der Waals surface area contributed by atoms with E-state index in [2.05, 4.69) is 0 Å². The molecule has 2 aromatic carbocycles. The van der Waals surface area contributed by atoms with Crippen LogP contribution >= 0.6 is 0 Å². The summed E-state index contributed by atoms with van der Waals surface area (Å²) in [6.07, 6.45) is 0. The SMILES string of the molecule is NC(=O)c1cccc(C(=O)c2ccccc2N)c1. The third kappa shape index (κ3) is 2.22. The molecule has 0 unspecified atom stereocenters. The molecule has 4 N–H and O–H groups in total. The van der Waals surface area contributed by atoms with Crippen molar-refractivity contribution in [1.29, 1.82) is 0 Å². The van der Waals surface area contributed by atoms with Crippen molar-refractivity contribution in [2.75, 3.05) is 5.73 Å². The topological polar surface area (TPSA) is 86.2 Å². The zero-order valence-electron chi connectivity index (χ0n) is 9.59. The Morgan fingerprint density at radius 3 is 2.22 bits per heavy atom. The Morgan fingerprint density at radius 1 is 0.889 bits per heavy atom. The zero-order valence-corrected chi connectivity index (χ0v) is 9.59. The number of nitrogen functional groups attached to an aromatic ring is 1. The van der Waals surface area contributed by atoms with Crippen LogP contribution in [0, 0.1) is 0 Å². The van der Waals surface area contributed by atoms with Crippen LogP contribution in [0.2, 0.25) is 0 Å². The Labute approximate surface area is 104 Å². The van der Waals surface area contributed by atoms with Crippen molar-refractivity contribution in [1.82, 2.24) is 0 Å². The molecule has 0 aromatic heterocycles. The monoisotopic (exact) mass is 240 g/mol.